The molecule has 2 aliphatic carbocycles. The third kappa shape index (κ3) is 2.08. The van der Waals surface area contributed by atoms with E-state index < -0.39 is 0 Å². The zero-order valence-corrected chi connectivity index (χ0v) is 10.2. The van der Waals surface area contributed by atoms with Crippen molar-refractivity contribution in [1.82, 2.24) is 5.32 Å². The van der Waals surface area contributed by atoms with E-state index in [1.807, 2.05) is 0 Å². The van der Waals surface area contributed by atoms with Crippen molar-refractivity contribution in [3.63, 3.8) is 0 Å². The molecule has 0 spiro atoms. The molecule has 2 bridgehead atoms. The second-order valence-corrected chi connectivity index (χ2v) is 5.82. The van der Waals surface area contributed by atoms with Crippen molar-refractivity contribution >= 4 is 5.91 Å². The second-order valence-electron chi connectivity index (χ2n) is 5.82. The summed E-state index contributed by atoms with van der Waals surface area (Å²) in [5.74, 6) is 1.37. The average Bonchev–Trinajstić information content (AvgIpc) is 3.02. The normalized spacial score (nSPS) is 44.2. The quantitative estimate of drug-likeness (QED) is 0.759. The smallest absolute Gasteiger partial charge is 0.225 e. The van der Waals surface area contributed by atoms with Crippen LogP contribution in [0.3, 0.4) is 0 Å². The zero-order valence-electron chi connectivity index (χ0n) is 10.2. The summed E-state index contributed by atoms with van der Waals surface area (Å²) in [5, 5.41) is 3.04. The Labute approximate surface area is 102 Å². The van der Waals surface area contributed by atoms with Gasteiger partial charge in [0.15, 0.2) is 0 Å². The molecule has 3 aliphatic rings. The zero-order chi connectivity index (χ0) is 11.8. The predicted octanol–water partition coefficient (Wildman–Crippen LogP) is 0.655. The Kier molecular flexibility index (Phi) is 3.09. The Morgan fingerprint density at radius 3 is 2.76 bits per heavy atom. The maximum Gasteiger partial charge on any atom is 0.225 e. The molecule has 17 heavy (non-hydrogen) atoms. The number of rotatable bonds is 3. The maximum atomic E-state index is 12.2. The van der Waals surface area contributed by atoms with E-state index in [0.29, 0.717) is 18.4 Å². The summed E-state index contributed by atoms with van der Waals surface area (Å²) in [6.45, 7) is 1.51. The third-order valence-electron chi connectivity index (χ3n) is 4.81. The van der Waals surface area contributed by atoms with Crippen molar-refractivity contribution in [3.05, 3.63) is 0 Å². The number of hydrogen-bond donors (Lipinski definition) is 2. The van der Waals surface area contributed by atoms with Crippen LogP contribution in [0.25, 0.3) is 0 Å². The van der Waals surface area contributed by atoms with Gasteiger partial charge in [-0.15, -0.1) is 0 Å². The van der Waals surface area contributed by atoms with Crippen LogP contribution in [0.15, 0.2) is 0 Å². The number of nitrogens with two attached hydrogens (primary N) is 1. The lowest BCUT2D eigenvalue weighted by atomic mass is 9.84. The topological polar surface area (TPSA) is 64.4 Å². The molecule has 3 rings (SSSR count). The Hall–Kier alpha value is -0.610. The highest BCUT2D eigenvalue weighted by Crippen LogP contribution is 2.47. The molecule has 5 unspecified atom stereocenters. The van der Waals surface area contributed by atoms with Gasteiger partial charge in [0, 0.05) is 19.2 Å². The standard InChI is InChI=1S/C13H22N2O2/c14-12-9-4-3-8(6-9)11(12)13(16)15-7-10-2-1-5-17-10/h8-12H,1-7,14H2,(H,15,16). The molecule has 0 aromatic rings. The Balaban J connectivity index is 1.52. The van der Waals surface area contributed by atoms with Gasteiger partial charge >= 0.3 is 0 Å². The molecule has 3 N–H and O–H groups in total. The van der Waals surface area contributed by atoms with Gasteiger partial charge in [-0.25, -0.2) is 0 Å². The molecule has 1 aliphatic heterocycles. The van der Waals surface area contributed by atoms with Crippen molar-refractivity contribution in [2.75, 3.05) is 13.2 Å². The first kappa shape index (κ1) is 11.5. The summed E-state index contributed by atoms with van der Waals surface area (Å²) < 4.78 is 5.51. The summed E-state index contributed by atoms with van der Waals surface area (Å²) in [6, 6.07) is 0.0956. The molecule has 4 nitrogen and oxygen atoms in total. The summed E-state index contributed by atoms with van der Waals surface area (Å²) in [7, 11) is 0. The van der Waals surface area contributed by atoms with E-state index in [1.54, 1.807) is 0 Å². The number of hydrogen-bond acceptors (Lipinski definition) is 3. The van der Waals surface area contributed by atoms with E-state index in [4.69, 9.17) is 10.5 Å². The SMILES string of the molecule is NC1C2CCC(C2)C1C(=O)NCC1CCCO1. The number of ether oxygens (including phenoxy) is 1. The maximum absolute atomic E-state index is 12.2. The van der Waals surface area contributed by atoms with Gasteiger partial charge in [0.25, 0.3) is 0 Å². The molecule has 0 aromatic heterocycles. The Bertz CT molecular complexity index is 300. The minimum absolute atomic E-state index is 0.0650. The Morgan fingerprint density at radius 2 is 2.12 bits per heavy atom. The van der Waals surface area contributed by atoms with Gasteiger partial charge in [-0.2, -0.15) is 0 Å². The highest BCUT2D eigenvalue weighted by atomic mass is 16.5. The highest BCUT2D eigenvalue weighted by Gasteiger charge is 2.49. The van der Waals surface area contributed by atoms with Crippen molar-refractivity contribution in [2.45, 2.75) is 44.2 Å². The molecule has 96 valence electrons. The molecule has 0 aromatic carbocycles. The lowest BCUT2D eigenvalue weighted by Crippen LogP contribution is -2.46. The van der Waals surface area contributed by atoms with E-state index in [0.717, 1.165) is 19.4 Å². The minimum atomic E-state index is 0.0650. The van der Waals surface area contributed by atoms with Crippen molar-refractivity contribution in [1.29, 1.82) is 0 Å². The van der Waals surface area contributed by atoms with Crippen LogP contribution in [0.4, 0.5) is 0 Å². The lowest BCUT2D eigenvalue weighted by Gasteiger charge is -2.27. The van der Waals surface area contributed by atoms with Crippen molar-refractivity contribution in [3.8, 4) is 0 Å². The summed E-state index contributed by atoms with van der Waals surface area (Å²) in [4.78, 5) is 12.2. The van der Waals surface area contributed by atoms with Gasteiger partial charge in [0.05, 0.1) is 12.0 Å². The van der Waals surface area contributed by atoms with Crippen LogP contribution >= 0.6 is 0 Å². The molecule has 1 saturated heterocycles. The number of nitrogens with one attached hydrogen (secondary N) is 1. The summed E-state index contributed by atoms with van der Waals surface area (Å²) in [5.41, 5.74) is 6.16. The lowest BCUT2D eigenvalue weighted by molar-refractivity contribution is -0.127. The van der Waals surface area contributed by atoms with E-state index in [1.165, 1.54) is 19.3 Å². The van der Waals surface area contributed by atoms with E-state index in [2.05, 4.69) is 5.32 Å². The second kappa shape index (κ2) is 4.58. The molecule has 3 fully saturated rings. The summed E-state index contributed by atoms with van der Waals surface area (Å²) in [6.07, 6.45) is 6.00. The van der Waals surface area contributed by atoms with E-state index in [9.17, 15) is 4.79 Å². The largest absolute Gasteiger partial charge is 0.376 e. The van der Waals surface area contributed by atoms with Crippen LogP contribution in [-0.4, -0.2) is 31.2 Å². The number of carbonyl (C=O) groups excluding carboxylic acids is 1. The predicted molar refractivity (Wildman–Crippen MR) is 64.3 cm³/mol. The molecular weight excluding hydrogens is 216 g/mol. The van der Waals surface area contributed by atoms with Gasteiger partial charge in [-0.3, -0.25) is 4.79 Å². The monoisotopic (exact) mass is 238 g/mol. The molecule has 1 heterocycles. The van der Waals surface area contributed by atoms with Gasteiger partial charge < -0.3 is 15.8 Å². The first-order valence-corrected chi connectivity index (χ1v) is 6.90. The number of fused-ring (bicyclic) bond motifs is 2. The van der Waals surface area contributed by atoms with E-state index in [-0.39, 0.29) is 24.0 Å². The molecule has 1 amide bonds. The molecular formula is C13H22N2O2. The van der Waals surface area contributed by atoms with Crippen LogP contribution in [0, 0.1) is 17.8 Å². The number of amides is 1. The molecule has 4 heteroatoms. The third-order valence-corrected chi connectivity index (χ3v) is 4.81. The Morgan fingerprint density at radius 1 is 1.29 bits per heavy atom. The first-order chi connectivity index (χ1) is 8.25. The fourth-order valence-corrected chi connectivity index (χ4v) is 3.86. The molecule has 0 radical (unpaired) electrons. The average molecular weight is 238 g/mol. The van der Waals surface area contributed by atoms with Gasteiger partial charge in [-0.1, -0.05) is 0 Å². The number of carbonyl (C=O) groups is 1. The van der Waals surface area contributed by atoms with Gasteiger partial charge in [0.1, 0.15) is 0 Å². The fourth-order valence-electron chi connectivity index (χ4n) is 3.86. The van der Waals surface area contributed by atoms with E-state index >= 15 is 0 Å². The van der Waals surface area contributed by atoms with Crippen molar-refractivity contribution < 1.29 is 9.53 Å². The van der Waals surface area contributed by atoms with Crippen LogP contribution in [0.5, 0.6) is 0 Å². The van der Waals surface area contributed by atoms with Gasteiger partial charge in [0.2, 0.25) is 5.91 Å². The molecule has 5 atom stereocenters. The highest BCUT2D eigenvalue weighted by molar-refractivity contribution is 5.80. The first-order valence-electron chi connectivity index (χ1n) is 6.90. The van der Waals surface area contributed by atoms with Crippen LogP contribution in [0.1, 0.15) is 32.1 Å². The fraction of sp³-hybridized carbons (Fsp3) is 0.923. The van der Waals surface area contributed by atoms with Crippen LogP contribution < -0.4 is 11.1 Å². The van der Waals surface area contributed by atoms with Crippen molar-refractivity contribution in [2.24, 2.45) is 23.5 Å². The van der Waals surface area contributed by atoms with Gasteiger partial charge in [-0.05, 0) is 43.9 Å². The minimum Gasteiger partial charge on any atom is -0.376 e. The van der Waals surface area contributed by atoms with Crippen LogP contribution in [0.2, 0.25) is 0 Å². The molecule has 2 saturated carbocycles. The summed E-state index contributed by atoms with van der Waals surface area (Å²) >= 11 is 0. The van der Waals surface area contributed by atoms with Crippen LogP contribution in [-0.2, 0) is 9.53 Å².